The molecule has 6 aromatic rings. The van der Waals surface area contributed by atoms with Crippen molar-refractivity contribution in [2.75, 3.05) is 12.4 Å². The maximum Gasteiger partial charge on any atom is 0.144 e. The second-order valence-corrected chi connectivity index (χ2v) is 8.59. The Kier molecular flexibility index (Phi) is 4.38. The van der Waals surface area contributed by atoms with Gasteiger partial charge in [0, 0.05) is 40.9 Å². The van der Waals surface area contributed by atoms with Crippen molar-refractivity contribution in [1.29, 1.82) is 0 Å². The SMILES string of the molecule is COc1cc2c(cc1-c1c(C)noc1C)[nH]c1nc(C)nc(Nc3ccc4ccn(C)c4c3)c12. The number of ether oxygens (including phenoxy) is 1. The van der Waals surface area contributed by atoms with Gasteiger partial charge in [-0.2, -0.15) is 0 Å². The van der Waals surface area contributed by atoms with Gasteiger partial charge in [0.1, 0.15) is 28.8 Å². The first-order valence-corrected chi connectivity index (χ1v) is 11.1. The maximum absolute atomic E-state index is 5.79. The molecule has 0 bridgehead atoms. The second kappa shape index (κ2) is 7.34. The van der Waals surface area contributed by atoms with E-state index >= 15 is 0 Å². The van der Waals surface area contributed by atoms with E-state index in [1.165, 1.54) is 5.39 Å². The normalized spacial score (nSPS) is 11.7. The average molecular weight is 453 g/mol. The first-order valence-electron chi connectivity index (χ1n) is 11.1. The molecular weight excluding hydrogens is 428 g/mol. The summed E-state index contributed by atoms with van der Waals surface area (Å²) in [6.07, 6.45) is 2.06. The Bertz CT molecular complexity index is 1700. The number of anilines is 2. The zero-order valence-corrected chi connectivity index (χ0v) is 19.6. The van der Waals surface area contributed by atoms with Crippen LogP contribution in [0.2, 0.25) is 0 Å². The molecule has 0 unspecified atom stereocenters. The molecular formula is C26H24N6O2. The van der Waals surface area contributed by atoms with Gasteiger partial charge in [0.05, 0.1) is 23.8 Å². The minimum Gasteiger partial charge on any atom is -0.496 e. The van der Waals surface area contributed by atoms with E-state index in [1.54, 1.807) is 7.11 Å². The van der Waals surface area contributed by atoms with E-state index in [-0.39, 0.29) is 0 Å². The molecule has 2 aromatic carbocycles. The fourth-order valence-corrected chi connectivity index (χ4v) is 4.73. The van der Waals surface area contributed by atoms with Gasteiger partial charge in [-0.3, -0.25) is 0 Å². The molecule has 4 heterocycles. The van der Waals surface area contributed by atoms with Crippen LogP contribution in [0.25, 0.3) is 44.0 Å². The standard InChI is InChI=1S/C26H24N6O2/c1-13-23(14(2)34-31-13)19-11-20-18(12-22(19)33-5)24-25(27-15(3)28-26(24)30-20)29-17-7-6-16-8-9-32(4)21(16)10-17/h6-12H,1-5H3,(H2,27,28,29,30). The summed E-state index contributed by atoms with van der Waals surface area (Å²) >= 11 is 0. The van der Waals surface area contributed by atoms with Crippen LogP contribution in [0.3, 0.4) is 0 Å². The van der Waals surface area contributed by atoms with Crippen molar-refractivity contribution in [3.63, 3.8) is 0 Å². The fraction of sp³-hybridized carbons (Fsp3) is 0.192. The van der Waals surface area contributed by atoms with Crippen LogP contribution in [0, 0.1) is 20.8 Å². The minimum atomic E-state index is 0.680. The van der Waals surface area contributed by atoms with Crippen molar-refractivity contribution in [2.24, 2.45) is 7.05 Å². The molecule has 0 saturated carbocycles. The van der Waals surface area contributed by atoms with E-state index in [0.717, 1.165) is 67.3 Å². The number of hydrogen-bond donors (Lipinski definition) is 2. The Morgan fingerprint density at radius 2 is 1.91 bits per heavy atom. The smallest absolute Gasteiger partial charge is 0.144 e. The van der Waals surface area contributed by atoms with Crippen LogP contribution in [0.5, 0.6) is 5.75 Å². The van der Waals surface area contributed by atoms with Gasteiger partial charge in [-0.25, -0.2) is 9.97 Å². The second-order valence-electron chi connectivity index (χ2n) is 8.59. The zero-order valence-electron chi connectivity index (χ0n) is 19.6. The Hall–Kier alpha value is -4.33. The van der Waals surface area contributed by atoms with E-state index in [9.17, 15) is 0 Å². The molecule has 170 valence electrons. The summed E-state index contributed by atoms with van der Waals surface area (Å²) in [6, 6.07) is 12.5. The highest BCUT2D eigenvalue weighted by Crippen LogP contribution is 2.41. The Morgan fingerprint density at radius 3 is 2.68 bits per heavy atom. The molecule has 0 saturated heterocycles. The van der Waals surface area contributed by atoms with Crippen molar-refractivity contribution >= 4 is 44.3 Å². The topological polar surface area (TPSA) is 93.8 Å². The van der Waals surface area contributed by atoms with E-state index in [0.29, 0.717) is 5.82 Å². The molecule has 0 aliphatic rings. The molecule has 0 aliphatic heterocycles. The highest BCUT2D eigenvalue weighted by Gasteiger charge is 2.20. The largest absolute Gasteiger partial charge is 0.496 e. The number of nitrogens with one attached hydrogen (secondary N) is 2. The van der Waals surface area contributed by atoms with E-state index in [1.807, 2.05) is 33.9 Å². The predicted molar refractivity (Wildman–Crippen MR) is 134 cm³/mol. The number of methoxy groups -OCH3 is 1. The lowest BCUT2D eigenvalue weighted by Gasteiger charge is -2.11. The van der Waals surface area contributed by atoms with Crippen LogP contribution in [0.4, 0.5) is 11.5 Å². The Morgan fingerprint density at radius 1 is 1.06 bits per heavy atom. The summed E-state index contributed by atoms with van der Waals surface area (Å²) in [5.41, 5.74) is 6.49. The number of hydrogen-bond acceptors (Lipinski definition) is 6. The molecule has 0 amide bonds. The van der Waals surface area contributed by atoms with Crippen molar-refractivity contribution in [3.05, 3.63) is 59.9 Å². The van der Waals surface area contributed by atoms with Crippen LogP contribution in [0.15, 0.2) is 47.1 Å². The quantitative estimate of drug-likeness (QED) is 0.344. The maximum atomic E-state index is 5.79. The highest BCUT2D eigenvalue weighted by atomic mass is 16.5. The molecule has 34 heavy (non-hydrogen) atoms. The first kappa shape index (κ1) is 20.3. The third kappa shape index (κ3) is 3.02. The number of aromatic nitrogens is 5. The number of fused-ring (bicyclic) bond motifs is 4. The van der Waals surface area contributed by atoms with Gasteiger partial charge in [0.25, 0.3) is 0 Å². The van der Waals surface area contributed by atoms with E-state index in [2.05, 4.69) is 61.5 Å². The van der Waals surface area contributed by atoms with Crippen molar-refractivity contribution in [3.8, 4) is 16.9 Å². The summed E-state index contributed by atoms with van der Waals surface area (Å²) in [5.74, 6) is 2.91. The van der Waals surface area contributed by atoms with Crippen molar-refractivity contribution < 1.29 is 9.26 Å². The van der Waals surface area contributed by atoms with Gasteiger partial charge < -0.3 is 24.1 Å². The number of nitrogens with zero attached hydrogens (tertiary/aromatic N) is 4. The molecule has 6 rings (SSSR count). The molecule has 8 nitrogen and oxygen atoms in total. The molecule has 8 heteroatoms. The van der Waals surface area contributed by atoms with Gasteiger partial charge in [-0.1, -0.05) is 11.2 Å². The summed E-state index contributed by atoms with van der Waals surface area (Å²) < 4.78 is 13.3. The van der Waals surface area contributed by atoms with Crippen molar-refractivity contribution in [2.45, 2.75) is 20.8 Å². The number of benzene rings is 2. The molecule has 2 N–H and O–H groups in total. The lowest BCUT2D eigenvalue weighted by Crippen LogP contribution is -1.98. The Labute approximate surface area is 195 Å². The number of H-pyrrole nitrogens is 1. The van der Waals surface area contributed by atoms with Crippen LogP contribution in [-0.4, -0.2) is 31.8 Å². The summed E-state index contributed by atoms with van der Waals surface area (Å²) in [4.78, 5) is 12.9. The van der Waals surface area contributed by atoms with Crippen LogP contribution >= 0.6 is 0 Å². The van der Waals surface area contributed by atoms with E-state index in [4.69, 9.17) is 14.2 Å². The third-order valence-corrected chi connectivity index (χ3v) is 6.34. The van der Waals surface area contributed by atoms with Gasteiger partial charge >= 0.3 is 0 Å². The lowest BCUT2D eigenvalue weighted by molar-refractivity contribution is 0.393. The third-order valence-electron chi connectivity index (χ3n) is 6.34. The fourth-order valence-electron chi connectivity index (χ4n) is 4.73. The van der Waals surface area contributed by atoms with Gasteiger partial charge in [0.15, 0.2) is 0 Å². The number of aryl methyl sites for hydroxylation is 4. The van der Waals surface area contributed by atoms with Gasteiger partial charge in [0.2, 0.25) is 0 Å². The molecule has 0 radical (unpaired) electrons. The summed E-state index contributed by atoms with van der Waals surface area (Å²) in [7, 11) is 3.72. The minimum absolute atomic E-state index is 0.680. The zero-order chi connectivity index (χ0) is 23.6. The van der Waals surface area contributed by atoms with Crippen molar-refractivity contribution in [1.82, 2.24) is 24.7 Å². The lowest BCUT2D eigenvalue weighted by atomic mass is 10.0. The Balaban J connectivity index is 1.56. The van der Waals surface area contributed by atoms with Gasteiger partial charge in [-0.15, -0.1) is 0 Å². The molecule has 0 fully saturated rings. The van der Waals surface area contributed by atoms with Crippen LogP contribution in [-0.2, 0) is 7.05 Å². The molecule has 0 aliphatic carbocycles. The monoisotopic (exact) mass is 452 g/mol. The first-order chi connectivity index (χ1) is 16.4. The van der Waals surface area contributed by atoms with E-state index < -0.39 is 0 Å². The molecule has 0 spiro atoms. The summed E-state index contributed by atoms with van der Waals surface area (Å²) in [5, 5.41) is 10.7. The number of rotatable bonds is 4. The molecule has 0 atom stereocenters. The predicted octanol–water partition coefficient (Wildman–Crippen LogP) is 5.94. The summed E-state index contributed by atoms with van der Waals surface area (Å²) in [6.45, 7) is 5.73. The van der Waals surface area contributed by atoms with Crippen LogP contribution < -0.4 is 10.1 Å². The highest BCUT2D eigenvalue weighted by molar-refractivity contribution is 6.13. The molecule has 4 aromatic heterocycles. The van der Waals surface area contributed by atoms with Crippen LogP contribution in [0.1, 0.15) is 17.3 Å². The number of aromatic amines is 1. The van der Waals surface area contributed by atoms with Gasteiger partial charge in [-0.05, 0) is 56.5 Å². The average Bonchev–Trinajstić information content (AvgIpc) is 3.47.